The number of carbonyl (C=O) groups is 1. The van der Waals surface area contributed by atoms with Gasteiger partial charge in [-0.1, -0.05) is 42.9 Å². The standard InChI is InChI=1S/C30H36ClF4N7O3S.CH4/c1-18-5-3-4-9-41(18)15-23-26(19-6-7-22(31)21(13-19)30(33,34)35)38-29(46-23)39-27-25(32)28(37-17-36-27)42-12-11-40(10-8-24(43)44)20(14-42)16-45-2;/h6-7,13,17-18,20H,3-5,8-12,14-16H2,1-2H3,(H,43,44)(H,36,37,38,39);1H4/t18-,20+;/m1./s1. The van der Waals surface area contributed by atoms with Gasteiger partial charge in [0.2, 0.25) is 5.82 Å². The van der Waals surface area contributed by atoms with Gasteiger partial charge in [0, 0.05) is 56.3 Å². The van der Waals surface area contributed by atoms with Gasteiger partial charge in [-0.05, 0) is 38.4 Å². The number of aliphatic carboxylic acids is 1. The first-order valence-corrected chi connectivity index (χ1v) is 16.2. The number of piperazine rings is 1. The van der Waals surface area contributed by atoms with Crippen LogP contribution in [0.25, 0.3) is 11.3 Å². The number of nitrogens with one attached hydrogen (secondary N) is 1. The minimum absolute atomic E-state index is 0. The van der Waals surface area contributed by atoms with Crippen molar-refractivity contribution in [2.24, 2.45) is 0 Å². The molecular formula is C31H40ClF4N7O3S. The number of likely N-dealkylation sites (tertiary alicyclic amines) is 1. The second-order valence-corrected chi connectivity index (χ2v) is 13.0. The number of methoxy groups -OCH3 is 1. The summed E-state index contributed by atoms with van der Waals surface area (Å²) in [4.78, 5) is 30.9. The van der Waals surface area contributed by atoms with Crippen LogP contribution in [0.2, 0.25) is 5.02 Å². The molecule has 2 aliphatic heterocycles. The number of benzene rings is 1. The van der Waals surface area contributed by atoms with Crippen molar-refractivity contribution in [2.45, 2.75) is 64.8 Å². The summed E-state index contributed by atoms with van der Waals surface area (Å²) in [5, 5.41) is 11.9. The topological polar surface area (TPSA) is 107 Å². The maximum atomic E-state index is 16.0. The van der Waals surface area contributed by atoms with E-state index in [1.54, 1.807) is 12.0 Å². The third kappa shape index (κ3) is 8.87. The molecule has 10 nitrogen and oxygen atoms in total. The second-order valence-electron chi connectivity index (χ2n) is 11.5. The van der Waals surface area contributed by atoms with Crippen molar-refractivity contribution in [3.63, 3.8) is 0 Å². The lowest BCUT2D eigenvalue weighted by molar-refractivity contribution is -0.138. The highest BCUT2D eigenvalue weighted by atomic mass is 35.5. The summed E-state index contributed by atoms with van der Waals surface area (Å²) in [6.45, 7) is 5.39. The molecule has 4 heterocycles. The molecule has 258 valence electrons. The number of aromatic nitrogens is 3. The average Bonchev–Trinajstić information content (AvgIpc) is 3.40. The van der Waals surface area contributed by atoms with Gasteiger partial charge in [-0.2, -0.15) is 17.6 Å². The van der Waals surface area contributed by atoms with E-state index in [2.05, 4.69) is 32.1 Å². The molecule has 2 N–H and O–H groups in total. The Kier molecular flexibility index (Phi) is 12.4. The fraction of sp³-hybridized carbons (Fsp3) is 0.548. The van der Waals surface area contributed by atoms with E-state index < -0.39 is 28.5 Å². The number of ether oxygens (including phenoxy) is 1. The fourth-order valence-electron chi connectivity index (χ4n) is 5.94. The van der Waals surface area contributed by atoms with Crippen LogP contribution < -0.4 is 10.2 Å². The lowest BCUT2D eigenvalue weighted by atomic mass is 10.0. The Bertz CT molecular complexity index is 1530. The molecule has 2 fully saturated rings. The van der Waals surface area contributed by atoms with Crippen LogP contribution in [0, 0.1) is 5.82 Å². The highest BCUT2D eigenvalue weighted by Gasteiger charge is 2.34. The molecule has 2 aromatic heterocycles. The molecule has 2 saturated heterocycles. The second kappa shape index (κ2) is 15.9. The third-order valence-electron chi connectivity index (χ3n) is 8.40. The summed E-state index contributed by atoms with van der Waals surface area (Å²) < 4.78 is 62.5. The molecule has 3 aromatic rings. The predicted octanol–water partition coefficient (Wildman–Crippen LogP) is 6.78. The molecule has 0 spiro atoms. The smallest absolute Gasteiger partial charge is 0.417 e. The Labute approximate surface area is 280 Å². The highest BCUT2D eigenvalue weighted by Crippen LogP contribution is 2.40. The van der Waals surface area contributed by atoms with Crippen LogP contribution in [-0.4, -0.2) is 94.4 Å². The number of carboxylic acid groups (broad SMARTS) is 1. The van der Waals surface area contributed by atoms with E-state index in [1.807, 2.05) is 4.90 Å². The Morgan fingerprint density at radius 1 is 1.19 bits per heavy atom. The van der Waals surface area contributed by atoms with Crippen molar-refractivity contribution in [3.8, 4) is 11.3 Å². The van der Waals surface area contributed by atoms with Crippen molar-refractivity contribution in [1.29, 1.82) is 0 Å². The minimum atomic E-state index is -4.64. The van der Waals surface area contributed by atoms with Crippen molar-refractivity contribution in [2.75, 3.05) is 56.7 Å². The van der Waals surface area contributed by atoms with Crippen LogP contribution in [0.15, 0.2) is 24.5 Å². The van der Waals surface area contributed by atoms with Gasteiger partial charge in [0.15, 0.2) is 16.8 Å². The van der Waals surface area contributed by atoms with Gasteiger partial charge in [-0.15, -0.1) is 0 Å². The quantitative estimate of drug-likeness (QED) is 0.208. The zero-order valence-electron chi connectivity index (χ0n) is 25.5. The summed E-state index contributed by atoms with van der Waals surface area (Å²) in [5.41, 5.74) is -0.329. The molecule has 16 heteroatoms. The molecule has 47 heavy (non-hydrogen) atoms. The van der Waals surface area contributed by atoms with E-state index in [9.17, 15) is 18.0 Å². The zero-order valence-corrected chi connectivity index (χ0v) is 27.1. The minimum Gasteiger partial charge on any atom is -0.481 e. The summed E-state index contributed by atoms with van der Waals surface area (Å²) in [6, 6.07) is 3.85. The van der Waals surface area contributed by atoms with Gasteiger partial charge in [-0.25, -0.2) is 15.0 Å². The van der Waals surface area contributed by atoms with E-state index in [1.165, 1.54) is 29.8 Å². The maximum Gasteiger partial charge on any atom is 0.417 e. The van der Waals surface area contributed by atoms with Gasteiger partial charge in [0.1, 0.15) is 6.33 Å². The van der Waals surface area contributed by atoms with Crippen LogP contribution >= 0.6 is 22.9 Å². The Morgan fingerprint density at radius 3 is 2.68 bits per heavy atom. The predicted molar refractivity (Wildman–Crippen MR) is 175 cm³/mol. The molecule has 2 atom stereocenters. The maximum absolute atomic E-state index is 16.0. The van der Waals surface area contributed by atoms with Crippen LogP contribution in [0.3, 0.4) is 0 Å². The van der Waals surface area contributed by atoms with Crippen LogP contribution in [0.4, 0.5) is 34.3 Å². The average molecular weight is 702 g/mol. The van der Waals surface area contributed by atoms with Gasteiger partial charge < -0.3 is 20.1 Å². The first-order chi connectivity index (χ1) is 21.9. The normalized spacial score (nSPS) is 19.4. The van der Waals surface area contributed by atoms with Crippen molar-refractivity contribution < 1.29 is 32.2 Å². The van der Waals surface area contributed by atoms with Crippen LogP contribution in [0.5, 0.6) is 0 Å². The Morgan fingerprint density at radius 2 is 1.98 bits per heavy atom. The first-order valence-electron chi connectivity index (χ1n) is 15.0. The number of thiazole rings is 1. The number of alkyl halides is 3. The number of nitrogens with zero attached hydrogens (tertiary/aromatic N) is 6. The first kappa shape index (κ1) is 36.7. The van der Waals surface area contributed by atoms with Crippen molar-refractivity contribution in [3.05, 3.63) is 45.8 Å². The summed E-state index contributed by atoms with van der Waals surface area (Å²) in [7, 11) is 1.55. The van der Waals surface area contributed by atoms with Crippen LogP contribution in [-0.2, 0) is 22.3 Å². The number of hydrogen-bond acceptors (Lipinski definition) is 10. The number of rotatable bonds is 11. The van der Waals surface area contributed by atoms with Crippen molar-refractivity contribution in [1.82, 2.24) is 24.8 Å². The number of halogens is 5. The number of anilines is 3. The van der Waals surface area contributed by atoms with Gasteiger partial charge in [0.25, 0.3) is 0 Å². The summed E-state index contributed by atoms with van der Waals surface area (Å²) >= 11 is 7.14. The monoisotopic (exact) mass is 701 g/mol. The molecule has 0 amide bonds. The fourth-order valence-corrected chi connectivity index (χ4v) is 7.18. The van der Waals surface area contributed by atoms with Gasteiger partial charge >= 0.3 is 12.1 Å². The van der Waals surface area contributed by atoms with Gasteiger partial charge in [0.05, 0.1) is 35.3 Å². The Hall–Kier alpha value is -3.11. The van der Waals surface area contributed by atoms with Crippen molar-refractivity contribution >= 4 is 45.7 Å². The Balaban J connectivity index is 0.00000500. The van der Waals surface area contributed by atoms with Crippen LogP contribution in [0.1, 0.15) is 50.5 Å². The largest absolute Gasteiger partial charge is 0.481 e. The van der Waals surface area contributed by atoms with E-state index in [0.29, 0.717) is 51.1 Å². The molecule has 2 aliphatic rings. The molecule has 0 unspecified atom stereocenters. The summed E-state index contributed by atoms with van der Waals surface area (Å²) in [5.74, 6) is -1.64. The van der Waals surface area contributed by atoms with Gasteiger partial charge in [-0.3, -0.25) is 14.6 Å². The number of hydrogen-bond donors (Lipinski definition) is 2. The summed E-state index contributed by atoms with van der Waals surface area (Å²) in [6.07, 6.45) is -0.259. The molecule has 1 aromatic carbocycles. The molecule has 0 saturated carbocycles. The molecule has 0 radical (unpaired) electrons. The van der Waals surface area contributed by atoms with E-state index in [-0.39, 0.29) is 42.2 Å². The SMILES string of the molecule is C.COC[C@@H]1CN(c2ncnc(Nc3nc(-c4ccc(Cl)c(C(F)(F)F)c4)c(CN4CCCC[C@H]4C)s3)c2F)CCN1CCC(=O)O. The molecule has 5 rings (SSSR count). The number of carboxylic acids is 1. The van der Waals surface area contributed by atoms with E-state index >= 15 is 4.39 Å². The lowest BCUT2D eigenvalue weighted by Gasteiger charge is -2.41. The number of piperidine rings is 1. The lowest BCUT2D eigenvalue weighted by Crippen LogP contribution is -2.55. The van der Waals surface area contributed by atoms with E-state index in [4.69, 9.17) is 21.4 Å². The highest BCUT2D eigenvalue weighted by molar-refractivity contribution is 7.16. The third-order valence-corrected chi connectivity index (χ3v) is 9.69. The van der Waals surface area contributed by atoms with E-state index in [0.717, 1.165) is 36.8 Å². The molecular weight excluding hydrogens is 662 g/mol. The molecule has 0 bridgehead atoms. The zero-order chi connectivity index (χ0) is 33.0. The molecule has 0 aliphatic carbocycles.